The van der Waals surface area contributed by atoms with Crippen molar-refractivity contribution in [3.05, 3.63) is 94.2 Å². The molecule has 4 saturated carbocycles. The first-order chi connectivity index (χ1) is 40.9. The third-order valence-corrected chi connectivity index (χ3v) is 41.8. The third-order valence-electron chi connectivity index (χ3n) is 23.7. The zero-order valence-electron chi connectivity index (χ0n) is 62.4. The van der Waals surface area contributed by atoms with Crippen LogP contribution in [0.1, 0.15) is 221 Å². The molecule has 0 amide bonds. The van der Waals surface area contributed by atoms with Gasteiger partial charge in [0.05, 0.1) is 36.6 Å². The highest BCUT2D eigenvalue weighted by molar-refractivity contribution is 6.75. The van der Waals surface area contributed by atoms with E-state index in [9.17, 15) is 9.59 Å². The van der Waals surface area contributed by atoms with Gasteiger partial charge in [0.2, 0.25) is 0 Å². The number of carboxylic acids is 1. The van der Waals surface area contributed by atoms with Gasteiger partial charge in [-0.15, -0.1) is 0 Å². The first-order valence-electron chi connectivity index (χ1n) is 34.9. The molecule has 6 aliphatic rings. The minimum Gasteiger partial charge on any atom is -0.480 e. The Kier molecular flexibility index (Phi) is 25.6. The molecule has 10 atom stereocenters. The van der Waals surface area contributed by atoms with E-state index < -0.39 is 44.8 Å². The molecule has 0 radical (unpaired) electrons. The van der Waals surface area contributed by atoms with Crippen LogP contribution in [0.3, 0.4) is 0 Å². The molecule has 0 bridgehead atoms. The summed E-state index contributed by atoms with van der Waals surface area (Å²) >= 11 is 0. The molecule has 90 heavy (non-hydrogen) atoms. The van der Waals surface area contributed by atoms with E-state index in [0.29, 0.717) is 11.8 Å². The van der Waals surface area contributed by atoms with E-state index in [1.165, 1.54) is 33.4 Å². The summed E-state index contributed by atoms with van der Waals surface area (Å²) in [7, 11) is -7.94. The lowest BCUT2D eigenvalue weighted by atomic mass is 9.63. The number of carboxylic acid groups (broad SMARTS) is 1. The third kappa shape index (κ3) is 19.2. The Balaban J connectivity index is 0.000000330. The highest BCUT2D eigenvalue weighted by Crippen LogP contribution is 2.58. The molecule has 4 fully saturated rings. The van der Waals surface area contributed by atoms with Crippen LogP contribution >= 0.6 is 0 Å². The van der Waals surface area contributed by atoms with Crippen molar-refractivity contribution in [3.63, 3.8) is 0 Å². The van der Waals surface area contributed by atoms with E-state index in [4.69, 9.17) is 37.0 Å². The van der Waals surface area contributed by atoms with Crippen molar-refractivity contribution in [2.24, 2.45) is 22.7 Å². The van der Waals surface area contributed by atoms with E-state index in [2.05, 4.69) is 213 Å². The molecule has 6 rings (SSSR count). The average molecular weight is 1320 g/mol. The van der Waals surface area contributed by atoms with Gasteiger partial charge in [-0.3, -0.25) is 0 Å². The van der Waals surface area contributed by atoms with Crippen molar-refractivity contribution in [2.45, 2.75) is 336 Å². The molecular formula is C76H132O10Si4. The molecule has 0 aromatic rings. The highest BCUT2D eigenvalue weighted by Gasteiger charge is 2.50. The van der Waals surface area contributed by atoms with Crippen molar-refractivity contribution in [3.8, 4) is 0 Å². The predicted molar refractivity (Wildman–Crippen MR) is 387 cm³/mol. The predicted octanol–water partition coefficient (Wildman–Crippen LogP) is 21.2. The first-order valence-corrected chi connectivity index (χ1v) is 46.5. The van der Waals surface area contributed by atoms with Gasteiger partial charge in [-0.1, -0.05) is 171 Å². The van der Waals surface area contributed by atoms with Crippen LogP contribution in [-0.4, -0.2) is 106 Å². The van der Waals surface area contributed by atoms with Gasteiger partial charge in [0.25, 0.3) is 0 Å². The fourth-order valence-electron chi connectivity index (χ4n) is 14.1. The maximum atomic E-state index is 12.6. The fraction of sp³-hybridized carbons (Fsp3) is 0.763. The van der Waals surface area contributed by atoms with Crippen molar-refractivity contribution < 1.29 is 46.6 Å². The second kappa shape index (κ2) is 29.5. The maximum absolute atomic E-state index is 12.6. The summed E-state index contributed by atoms with van der Waals surface area (Å²) in [5.41, 5.74) is 9.95. The molecule has 10 nitrogen and oxygen atoms in total. The number of carbonyl (C=O) groups excluding carboxylic acids is 1. The van der Waals surface area contributed by atoms with E-state index >= 15 is 0 Å². The van der Waals surface area contributed by atoms with Gasteiger partial charge in [0.1, 0.15) is 18.8 Å². The summed E-state index contributed by atoms with van der Waals surface area (Å²) < 4.78 is 45.8. The van der Waals surface area contributed by atoms with E-state index in [1.807, 2.05) is 20.8 Å². The zero-order chi connectivity index (χ0) is 68.4. The molecular weight excluding hydrogens is 1190 g/mol. The van der Waals surface area contributed by atoms with Crippen LogP contribution in [0, 0.1) is 22.7 Å². The van der Waals surface area contributed by atoms with Crippen LogP contribution in [0.25, 0.3) is 0 Å². The molecule has 6 aliphatic carbocycles. The monoisotopic (exact) mass is 1320 g/mol. The second-order valence-electron chi connectivity index (χ2n) is 35.3. The number of carbonyl (C=O) groups is 2. The van der Waals surface area contributed by atoms with E-state index in [1.54, 1.807) is 0 Å². The molecule has 0 aliphatic heterocycles. The Morgan fingerprint density at radius 2 is 0.922 bits per heavy atom. The van der Waals surface area contributed by atoms with Crippen LogP contribution in [0.5, 0.6) is 0 Å². The lowest BCUT2D eigenvalue weighted by Gasteiger charge is -2.45. The number of hydrogen-bond acceptors (Lipinski definition) is 9. The van der Waals surface area contributed by atoms with Crippen LogP contribution in [-0.2, 0) is 41.5 Å². The van der Waals surface area contributed by atoms with Gasteiger partial charge in [0, 0.05) is 12.8 Å². The lowest BCUT2D eigenvalue weighted by molar-refractivity contribution is -0.163. The number of esters is 1. The number of hydrogen-bond donors (Lipinski definition) is 1. The summed E-state index contributed by atoms with van der Waals surface area (Å²) in [6, 6.07) is 0. The van der Waals surface area contributed by atoms with Crippen LogP contribution in [0.4, 0.5) is 0 Å². The van der Waals surface area contributed by atoms with Gasteiger partial charge in [-0.25, -0.2) is 9.59 Å². The normalized spacial score (nSPS) is 29.4. The molecule has 0 heterocycles. The number of fused-ring (bicyclic) bond motifs is 2. The largest absolute Gasteiger partial charge is 0.480 e. The van der Waals surface area contributed by atoms with Crippen LogP contribution in [0.2, 0.25) is 72.5 Å². The van der Waals surface area contributed by atoms with Crippen molar-refractivity contribution in [2.75, 3.05) is 13.2 Å². The Labute approximate surface area is 554 Å². The van der Waals surface area contributed by atoms with E-state index in [-0.39, 0.29) is 86.8 Å². The topological polar surface area (TPSA) is 119 Å². The summed E-state index contributed by atoms with van der Waals surface area (Å²) in [5.74, 6) is -0.340. The van der Waals surface area contributed by atoms with E-state index in [0.717, 1.165) is 101 Å². The fourth-order valence-corrected chi connectivity index (χ4v) is 19.4. The molecule has 0 aromatic heterocycles. The standard InChI is InChI=1S/C41H72O5Si2.C35H60O5Si2/c1-17-24-40(10,11)44-37(42)28-43-30(3)34-22-23-35-31(19-18-25-41(34,35)12)20-21-32-26-33(45-47(13,14)38(4,5)6)27-36(29(32)2)46-48(15,16)39(7,8)9;1-24-27(17-16-26-15-14-20-35(9)29(18-19-30(26)35)25(2)38-23-32(36)37)21-28(39-41(10,11)33(3,4)5)22-31(24)40-42(12,13)34(6,7)8/h20-22,30,33,35-36H,2,17-19,23-28H2,1,3-16H3;16-18,25,28,30-31H,1,14-15,19-23H2,2-13H3,(H,36,37)/t30-,33+,35-,36-,41+;25-,28+,30?,31-,35+/m00/s1. The SMILES string of the molecule is C=C1C(=CC=C2CCC[C@]3(C)C([C@H](C)OCC(=O)O)=CCC23)C[C@@H](O[Si](C)(C)C(C)(C)C)C[C@@H]1O[Si](C)(C)C(C)(C)C.C=C1C(=CC=C2CCC[C@]3(C)C([C@H](C)OCC(=O)OC(C)(C)CCC)=CC[C@@H]23)C[C@@H](O[Si](C)(C)C(C)(C)C)C[C@@H]1O[Si](C)(C)C(C)(C)C. The Morgan fingerprint density at radius 1 is 0.578 bits per heavy atom. The lowest BCUT2D eigenvalue weighted by Crippen LogP contribution is -2.49. The number of rotatable bonds is 21. The molecule has 512 valence electrons. The highest BCUT2D eigenvalue weighted by atomic mass is 28.4. The van der Waals surface area contributed by atoms with Crippen molar-refractivity contribution in [1.82, 2.24) is 0 Å². The summed E-state index contributed by atoms with van der Waals surface area (Å²) in [6.07, 6.45) is 28.1. The Morgan fingerprint density at radius 3 is 1.26 bits per heavy atom. The molecule has 1 unspecified atom stereocenters. The quantitative estimate of drug-likeness (QED) is 0.0676. The molecule has 14 heteroatoms. The number of allylic oxidation sites excluding steroid dienone is 8. The van der Waals surface area contributed by atoms with Gasteiger partial charge < -0.3 is 37.0 Å². The number of ether oxygens (including phenoxy) is 3. The molecule has 0 aromatic carbocycles. The second-order valence-corrected chi connectivity index (χ2v) is 54.3. The van der Waals surface area contributed by atoms with Gasteiger partial charge in [-0.2, -0.15) is 0 Å². The summed E-state index contributed by atoms with van der Waals surface area (Å²) in [5, 5.41) is 9.66. The number of aliphatic carboxylic acids is 1. The molecule has 0 spiro atoms. The van der Waals surface area contributed by atoms with Crippen LogP contribution < -0.4 is 0 Å². The van der Waals surface area contributed by atoms with Gasteiger partial charge in [-0.05, 0) is 227 Å². The smallest absolute Gasteiger partial charge is 0.332 e. The van der Waals surface area contributed by atoms with Crippen molar-refractivity contribution >= 4 is 45.2 Å². The molecule has 1 N–H and O–H groups in total. The minimum absolute atomic E-state index is 0.00599. The first kappa shape index (κ1) is 78.2. The zero-order valence-corrected chi connectivity index (χ0v) is 66.4. The summed E-state index contributed by atoms with van der Waals surface area (Å²) in [4.78, 5) is 23.7. The van der Waals surface area contributed by atoms with Crippen LogP contribution in [0.15, 0.2) is 94.2 Å². The minimum atomic E-state index is -2.02. The molecule has 0 saturated heterocycles. The Hall–Kier alpha value is -2.51. The maximum Gasteiger partial charge on any atom is 0.332 e. The van der Waals surface area contributed by atoms with Gasteiger partial charge >= 0.3 is 11.9 Å². The van der Waals surface area contributed by atoms with Crippen molar-refractivity contribution in [1.29, 1.82) is 0 Å². The average Bonchev–Trinajstić information content (AvgIpc) is 1.56. The Bertz CT molecular complexity index is 2740. The van der Waals surface area contributed by atoms with Gasteiger partial charge in [0.15, 0.2) is 33.3 Å². The summed E-state index contributed by atoms with van der Waals surface area (Å²) in [6.45, 7) is 70.4.